The first kappa shape index (κ1) is 14.9. The Morgan fingerprint density at radius 3 is 2.50 bits per heavy atom. The normalized spacial score (nSPS) is 12.5. The Hall–Kier alpha value is -2.06. The molecule has 1 atom stereocenters. The summed E-state index contributed by atoms with van der Waals surface area (Å²) in [6, 6.07) is 15.5. The summed E-state index contributed by atoms with van der Waals surface area (Å²) in [5.41, 5.74) is 2.52. The number of hydrogen-bond donors (Lipinski definition) is 0. The van der Waals surface area contributed by atoms with E-state index in [1.54, 1.807) is 24.3 Å². The fraction of sp³-hybridized carbons (Fsp3) is 0.211. The predicted octanol–water partition coefficient (Wildman–Crippen LogP) is 5.50. The number of carbonyl (C=O) groups excluding carboxylic acids is 1. The number of rotatable bonds is 4. The van der Waals surface area contributed by atoms with E-state index in [1.165, 1.54) is 0 Å². The number of para-hydroxylation sites is 1. The maximum absolute atomic E-state index is 12.8. The highest BCUT2D eigenvalue weighted by Crippen LogP contribution is 2.28. The Kier molecular flexibility index (Phi) is 4.04. The number of fused-ring (bicyclic) bond motifs is 1. The summed E-state index contributed by atoms with van der Waals surface area (Å²) in [7, 11) is 0. The fourth-order valence-corrected chi connectivity index (χ4v) is 2.83. The predicted molar refractivity (Wildman–Crippen MR) is 91.8 cm³/mol. The van der Waals surface area contributed by atoms with Crippen molar-refractivity contribution in [3.63, 3.8) is 0 Å². The van der Waals surface area contributed by atoms with Crippen molar-refractivity contribution >= 4 is 28.3 Å². The molecular weight excluding hydrogens is 294 g/mol. The van der Waals surface area contributed by atoms with E-state index >= 15 is 0 Å². The quantitative estimate of drug-likeness (QED) is 0.583. The lowest BCUT2D eigenvalue weighted by molar-refractivity contribution is 0.104. The van der Waals surface area contributed by atoms with Crippen molar-refractivity contribution in [3.05, 3.63) is 70.9 Å². The van der Waals surface area contributed by atoms with Crippen LogP contribution in [0.3, 0.4) is 0 Å². The minimum atomic E-state index is 0.0370. The highest BCUT2D eigenvalue weighted by atomic mass is 35.5. The molecule has 112 valence electrons. The first-order chi connectivity index (χ1) is 10.6. The Balaban J connectivity index is 2.14. The van der Waals surface area contributed by atoms with Crippen LogP contribution >= 0.6 is 11.6 Å². The largest absolute Gasteiger partial charge is 0.344 e. The molecule has 0 amide bonds. The first-order valence-electron chi connectivity index (χ1n) is 7.51. The second-order valence-electron chi connectivity index (χ2n) is 5.56. The van der Waals surface area contributed by atoms with Gasteiger partial charge < -0.3 is 4.57 Å². The van der Waals surface area contributed by atoms with Crippen LogP contribution in [0.15, 0.2) is 54.7 Å². The van der Waals surface area contributed by atoms with Gasteiger partial charge in [-0.25, -0.2) is 0 Å². The lowest BCUT2D eigenvalue weighted by atomic mass is 10.0. The van der Waals surface area contributed by atoms with Gasteiger partial charge in [-0.05, 0) is 43.7 Å². The average molecular weight is 312 g/mol. The first-order valence-corrected chi connectivity index (χ1v) is 7.89. The van der Waals surface area contributed by atoms with Gasteiger partial charge in [0.05, 0.1) is 0 Å². The molecule has 0 fully saturated rings. The van der Waals surface area contributed by atoms with E-state index < -0.39 is 0 Å². The summed E-state index contributed by atoms with van der Waals surface area (Å²) in [5.74, 6) is 0.0370. The molecule has 0 aliphatic heterocycles. The Labute approximate surface area is 135 Å². The van der Waals surface area contributed by atoms with Gasteiger partial charge in [-0.2, -0.15) is 0 Å². The molecule has 0 radical (unpaired) electrons. The Morgan fingerprint density at radius 2 is 1.82 bits per heavy atom. The summed E-state index contributed by atoms with van der Waals surface area (Å²) >= 11 is 5.91. The molecular formula is C19H18ClNO. The van der Waals surface area contributed by atoms with Gasteiger partial charge in [0, 0.05) is 39.3 Å². The average Bonchev–Trinajstić information content (AvgIpc) is 2.94. The molecule has 0 spiro atoms. The van der Waals surface area contributed by atoms with Crippen molar-refractivity contribution in [2.45, 2.75) is 26.3 Å². The molecule has 2 nitrogen and oxygen atoms in total. The molecule has 1 heterocycles. The number of carbonyl (C=O) groups is 1. The number of hydrogen-bond acceptors (Lipinski definition) is 1. The Bertz CT molecular complexity index is 817. The van der Waals surface area contributed by atoms with Crippen molar-refractivity contribution in [3.8, 4) is 0 Å². The summed E-state index contributed by atoms with van der Waals surface area (Å²) < 4.78 is 2.19. The summed E-state index contributed by atoms with van der Waals surface area (Å²) in [4.78, 5) is 12.8. The molecule has 1 unspecified atom stereocenters. The molecule has 3 aromatic rings. The van der Waals surface area contributed by atoms with Crippen LogP contribution in [-0.4, -0.2) is 10.4 Å². The van der Waals surface area contributed by atoms with Crippen molar-refractivity contribution in [1.82, 2.24) is 4.57 Å². The molecule has 3 heteroatoms. The van der Waals surface area contributed by atoms with Gasteiger partial charge in [0.15, 0.2) is 5.78 Å². The third-order valence-electron chi connectivity index (χ3n) is 4.16. The second kappa shape index (κ2) is 5.98. The molecule has 0 N–H and O–H groups in total. The molecule has 1 aromatic heterocycles. The third-order valence-corrected chi connectivity index (χ3v) is 4.41. The highest BCUT2D eigenvalue weighted by molar-refractivity contribution is 6.30. The van der Waals surface area contributed by atoms with Crippen LogP contribution in [0.25, 0.3) is 10.9 Å². The fourth-order valence-electron chi connectivity index (χ4n) is 2.70. The maximum Gasteiger partial charge on any atom is 0.195 e. The van der Waals surface area contributed by atoms with Gasteiger partial charge in [-0.3, -0.25) is 4.79 Å². The van der Waals surface area contributed by atoms with E-state index in [1.807, 2.05) is 24.4 Å². The topological polar surface area (TPSA) is 22.0 Å². The number of aromatic nitrogens is 1. The van der Waals surface area contributed by atoms with Crippen LogP contribution in [-0.2, 0) is 0 Å². The maximum atomic E-state index is 12.8. The lowest BCUT2D eigenvalue weighted by Gasteiger charge is -2.12. The molecule has 0 saturated heterocycles. The zero-order valence-corrected chi connectivity index (χ0v) is 13.5. The van der Waals surface area contributed by atoms with Crippen LogP contribution in [0.1, 0.15) is 42.2 Å². The minimum absolute atomic E-state index is 0.0370. The van der Waals surface area contributed by atoms with Crippen molar-refractivity contribution < 1.29 is 4.79 Å². The molecule has 2 aromatic carbocycles. The zero-order chi connectivity index (χ0) is 15.7. The molecule has 0 aliphatic rings. The summed E-state index contributed by atoms with van der Waals surface area (Å²) in [6.07, 6.45) is 3.00. The van der Waals surface area contributed by atoms with Crippen molar-refractivity contribution in [2.75, 3.05) is 0 Å². The number of ketones is 1. The van der Waals surface area contributed by atoms with Gasteiger partial charge >= 0.3 is 0 Å². The van der Waals surface area contributed by atoms with E-state index in [0.29, 0.717) is 16.6 Å². The van der Waals surface area contributed by atoms with Crippen LogP contribution in [0.5, 0.6) is 0 Å². The smallest absolute Gasteiger partial charge is 0.195 e. The van der Waals surface area contributed by atoms with Gasteiger partial charge in [0.25, 0.3) is 0 Å². The summed E-state index contributed by atoms with van der Waals surface area (Å²) in [6.45, 7) is 4.32. The van der Waals surface area contributed by atoms with Gasteiger partial charge in [0.2, 0.25) is 0 Å². The number of halogens is 1. The van der Waals surface area contributed by atoms with Crippen molar-refractivity contribution in [1.29, 1.82) is 0 Å². The lowest BCUT2D eigenvalue weighted by Crippen LogP contribution is -2.03. The van der Waals surface area contributed by atoms with Gasteiger partial charge in [0.1, 0.15) is 0 Å². The third kappa shape index (κ3) is 2.55. The van der Waals surface area contributed by atoms with E-state index in [2.05, 4.69) is 24.5 Å². The minimum Gasteiger partial charge on any atom is -0.344 e. The zero-order valence-electron chi connectivity index (χ0n) is 12.7. The van der Waals surface area contributed by atoms with Crippen LogP contribution < -0.4 is 0 Å². The van der Waals surface area contributed by atoms with E-state index in [4.69, 9.17) is 11.6 Å². The van der Waals surface area contributed by atoms with E-state index in [0.717, 1.165) is 22.9 Å². The molecule has 0 aliphatic carbocycles. The SMILES string of the molecule is CCC(C)n1cc(C(=O)c2ccc(Cl)cc2)c2ccccc21. The second-order valence-corrected chi connectivity index (χ2v) is 6.00. The number of nitrogens with zero attached hydrogens (tertiary/aromatic N) is 1. The standard InChI is InChI=1S/C19H18ClNO/c1-3-13(2)21-12-17(16-6-4-5-7-18(16)21)19(22)14-8-10-15(20)11-9-14/h4-13H,3H2,1-2H3. The van der Waals surface area contributed by atoms with E-state index in [-0.39, 0.29) is 5.78 Å². The number of benzene rings is 2. The molecule has 22 heavy (non-hydrogen) atoms. The van der Waals surface area contributed by atoms with Crippen LogP contribution in [0.2, 0.25) is 5.02 Å². The Morgan fingerprint density at radius 1 is 1.14 bits per heavy atom. The summed E-state index contributed by atoms with van der Waals surface area (Å²) in [5, 5.41) is 1.64. The van der Waals surface area contributed by atoms with Crippen LogP contribution in [0.4, 0.5) is 0 Å². The van der Waals surface area contributed by atoms with Crippen molar-refractivity contribution in [2.24, 2.45) is 0 Å². The van der Waals surface area contributed by atoms with Gasteiger partial charge in [-0.15, -0.1) is 0 Å². The highest BCUT2D eigenvalue weighted by Gasteiger charge is 2.18. The van der Waals surface area contributed by atoms with Crippen LogP contribution in [0, 0.1) is 0 Å². The molecule has 3 rings (SSSR count). The monoisotopic (exact) mass is 311 g/mol. The van der Waals surface area contributed by atoms with Gasteiger partial charge in [-0.1, -0.05) is 36.7 Å². The molecule has 0 saturated carbocycles. The molecule has 0 bridgehead atoms. The van der Waals surface area contributed by atoms with E-state index in [9.17, 15) is 4.79 Å².